The summed E-state index contributed by atoms with van der Waals surface area (Å²) in [6.45, 7) is 3.55. The fourth-order valence-electron chi connectivity index (χ4n) is 2.32. The fraction of sp³-hybridized carbons (Fsp3) is 0.278. The number of ether oxygens (including phenoxy) is 1. The molecule has 4 nitrogen and oxygen atoms in total. The van der Waals surface area contributed by atoms with E-state index >= 15 is 0 Å². The van der Waals surface area contributed by atoms with Crippen LogP contribution in [0.5, 0.6) is 5.75 Å². The predicted octanol–water partition coefficient (Wildman–Crippen LogP) is 3.91. The Morgan fingerprint density at radius 2 is 2.09 bits per heavy atom. The van der Waals surface area contributed by atoms with Crippen molar-refractivity contribution in [3.63, 3.8) is 0 Å². The molecule has 2 heterocycles. The van der Waals surface area contributed by atoms with Gasteiger partial charge in [0.1, 0.15) is 18.2 Å². The van der Waals surface area contributed by atoms with E-state index in [1.165, 1.54) is 11.1 Å². The number of imidazole rings is 1. The minimum absolute atomic E-state index is 0.304. The SMILES string of the molecule is C[C@@H](NCc1ccsc1)c1ccc(OCc2nccn2C)cc1. The molecule has 3 aromatic rings. The van der Waals surface area contributed by atoms with E-state index in [9.17, 15) is 0 Å². The Kier molecular flexibility index (Phi) is 5.10. The number of benzene rings is 1. The van der Waals surface area contributed by atoms with E-state index in [1.54, 1.807) is 17.5 Å². The van der Waals surface area contributed by atoms with E-state index in [0.29, 0.717) is 12.6 Å². The van der Waals surface area contributed by atoms with Crippen molar-refractivity contribution in [2.75, 3.05) is 0 Å². The minimum Gasteiger partial charge on any atom is -0.486 e. The third-order valence-corrected chi connectivity index (χ3v) is 4.59. The molecular formula is C18H21N3OS. The monoisotopic (exact) mass is 327 g/mol. The highest BCUT2D eigenvalue weighted by Crippen LogP contribution is 2.19. The van der Waals surface area contributed by atoms with Crippen LogP contribution in [-0.4, -0.2) is 9.55 Å². The molecule has 120 valence electrons. The molecule has 1 N–H and O–H groups in total. The van der Waals surface area contributed by atoms with Crippen LogP contribution in [0.25, 0.3) is 0 Å². The van der Waals surface area contributed by atoms with E-state index < -0.39 is 0 Å². The van der Waals surface area contributed by atoms with Crippen LogP contribution < -0.4 is 10.1 Å². The van der Waals surface area contributed by atoms with Crippen molar-refractivity contribution >= 4 is 11.3 Å². The molecule has 23 heavy (non-hydrogen) atoms. The molecule has 3 rings (SSSR count). The summed E-state index contributed by atoms with van der Waals surface area (Å²) >= 11 is 1.73. The Balaban J connectivity index is 1.52. The van der Waals surface area contributed by atoms with Gasteiger partial charge in [-0.1, -0.05) is 12.1 Å². The average Bonchev–Trinajstić information content (AvgIpc) is 3.23. The lowest BCUT2D eigenvalue weighted by Gasteiger charge is -2.14. The molecule has 0 amide bonds. The molecule has 1 atom stereocenters. The second kappa shape index (κ2) is 7.44. The zero-order chi connectivity index (χ0) is 16.1. The highest BCUT2D eigenvalue weighted by molar-refractivity contribution is 7.07. The summed E-state index contributed by atoms with van der Waals surface area (Å²) < 4.78 is 7.75. The highest BCUT2D eigenvalue weighted by Gasteiger charge is 2.06. The van der Waals surface area contributed by atoms with Crippen molar-refractivity contribution in [1.82, 2.24) is 14.9 Å². The summed E-state index contributed by atoms with van der Waals surface area (Å²) in [5, 5.41) is 7.82. The quantitative estimate of drug-likeness (QED) is 0.715. The first-order valence-electron chi connectivity index (χ1n) is 7.66. The van der Waals surface area contributed by atoms with Gasteiger partial charge in [-0.05, 0) is 47.0 Å². The number of nitrogens with zero attached hydrogens (tertiary/aromatic N) is 2. The van der Waals surface area contributed by atoms with Gasteiger partial charge in [0, 0.05) is 32.0 Å². The van der Waals surface area contributed by atoms with E-state index in [-0.39, 0.29) is 0 Å². The van der Waals surface area contributed by atoms with Gasteiger partial charge in [-0.3, -0.25) is 0 Å². The first kappa shape index (κ1) is 15.8. The van der Waals surface area contributed by atoms with Gasteiger partial charge in [-0.15, -0.1) is 0 Å². The Hall–Kier alpha value is -2.11. The number of hydrogen-bond donors (Lipinski definition) is 1. The Morgan fingerprint density at radius 1 is 1.26 bits per heavy atom. The molecule has 0 saturated heterocycles. The molecule has 0 radical (unpaired) electrons. The molecule has 5 heteroatoms. The molecular weight excluding hydrogens is 306 g/mol. The van der Waals surface area contributed by atoms with Crippen molar-refractivity contribution < 1.29 is 4.74 Å². The smallest absolute Gasteiger partial charge is 0.146 e. The number of rotatable bonds is 7. The first-order valence-corrected chi connectivity index (χ1v) is 8.60. The lowest BCUT2D eigenvalue weighted by atomic mass is 10.1. The first-order chi connectivity index (χ1) is 11.2. The largest absolute Gasteiger partial charge is 0.486 e. The summed E-state index contributed by atoms with van der Waals surface area (Å²) in [6, 6.07) is 10.7. The standard InChI is InChI=1S/C18H21N3OS/c1-14(20-11-15-7-10-23-13-15)16-3-5-17(6-4-16)22-12-18-19-8-9-21(18)2/h3-10,13-14,20H,11-12H2,1-2H3/t14-/m1/s1. The van der Waals surface area contributed by atoms with Crippen LogP contribution in [0.4, 0.5) is 0 Å². The van der Waals surface area contributed by atoms with Gasteiger partial charge in [0.15, 0.2) is 0 Å². The Bertz CT molecular complexity index is 719. The molecule has 0 aliphatic rings. The molecule has 1 aromatic carbocycles. The summed E-state index contributed by atoms with van der Waals surface area (Å²) in [5.74, 6) is 1.78. The van der Waals surface area contributed by atoms with Gasteiger partial charge in [0.05, 0.1) is 0 Å². The topological polar surface area (TPSA) is 39.1 Å². The summed E-state index contributed by atoms with van der Waals surface area (Å²) in [7, 11) is 1.97. The number of aryl methyl sites for hydroxylation is 1. The number of thiophene rings is 1. The van der Waals surface area contributed by atoms with Crippen molar-refractivity contribution in [3.05, 3.63) is 70.4 Å². The lowest BCUT2D eigenvalue weighted by molar-refractivity contribution is 0.291. The maximum Gasteiger partial charge on any atom is 0.146 e. The van der Waals surface area contributed by atoms with E-state index in [4.69, 9.17) is 4.74 Å². The predicted molar refractivity (Wildman–Crippen MR) is 93.6 cm³/mol. The van der Waals surface area contributed by atoms with Crippen LogP contribution in [0.1, 0.15) is 29.9 Å². The zero-order valence-corrected chi connectivity index (χ0v) is 14.2. The summed E-state index contributed by atoms with van der Waals surface area (Å²) in [6.07, 6.45) is 3.70. The van der Waals surface area contributed by atoms with Crippen LogP contribution in [0, 0.1) is 0 Å². The maximum atomic E-state index is 5.78. The van der Waals surface area contributed by atoms with E-state index in [1.807, 2.05) is 29.9 Å². The van der Waals surface area contributed by atoms with E-state index in [0.717, 1.165) is 18.1 Å². The molecule has 0 aliphatic carbocycles. The van der Waals surface area contributed by atoms with Crippen LogP contribution in [-0.2, 0) is 20.2 Å². The maximum absolute atomic E-state index is 5.78. The van der Waals surface area contributed by atoms with Crippen LogP contribution in [0.15, 0.2) is 53.5 Å². The van der Waals surface area contributed by atoms with Gasteiger partial charge < -0.3 is 14.6 Å². The molecule has 0 fully saturated rings. The second-order valence-corrected chi connectivity index (χ2v) is 6.33. The molecule has 0 unspecified atom stereocenters. The van der Waals surface area contributed by atoms with Crippen molar-refractivity contribution in [3.8, 4) is 5.75 Å². The van der Waals surface area contributed by atoms with Crippen molar-refractivity contribution in [1.29, 1.82) is 0 Å². The number of hydrogen-bond acceptors (Lipinski definition) is 4. The zero-order valence-electron chi connectivity index (χ0n) is 13.4. The van der Waals surface area contributed by atoms with Crippen LogP contribution in [0.2, 0.25) is 0 Å². The molecule has 0 saturated carbocycles. The molecule has 0 bridgehead atoms. The third-order valence-electron chi connectivity index (χ3n) is 3.86. The average molecular weight is 327 g/mol. The van der Waals surface area contributed by atoms with Crippen molar-refractivity contribution in [2.45, 2.75) is 26.1 Å². The van der Waals surface area contributed by atoms with Crippen LogP contribution in [0.3, 0.4) is 0 Å². The number of nitrogens with one attached hydrogen (secondary N) is 1. The minimum atomic E-state index is 0.304. The van der Waals surface area contributed by atoms with Crippen LogP contribution >= 0.6 is 11.3 Å². The molecule has 0 aliphatic heterocycles. The van der Waals surface area contributed by atoms with Gasteiger partial charge in [-0.2, -0.15) is 11.3 Å². The van der Waals surface area contributed by atoms with Crippen molar-refractivity contribution in [2.24, 2.45) is 7.05 Å². The molecule has 0 spiro atoms. The highest BCUT2D eigenvalue weighted by atomic mass is 32.1. The normalized spacial score (nSPS) is 12.3. The van der Waals surface area contributed by atoms with Gasteiger partial charge in [0.25, 0.3) is 0 Å². The lowest BCUT2D eigenvalue weighted by Crippen LogP contribution is -2.17. The third kappa shape index (κ3) is 4.21. The van der Waals surface area contributed by atoms with Gasteiger partial charge in [0.2, 0.25) is 0 Å². The van der Waals surface area contributed by atoms with E-state index in [2.05, 4.69) is 46.2 Å². The van der Waals surface area contributed by atoms with Gasteiger partial charge in [-0.25, -0.2) is 4.98 Å². The Labute approximate surface area is 140 Å². The Morgan fingerprint density at radius 3 is 2.74 bits per heavy atom. The number of aromatic nitrogens is 2. The molecule has 2 aromatic heterocycles. The summed E-state index contributed by atoms with van der Waals surface area (Å²) in [4.78, 5) is 4.25. The second-order valence-electron chi connectivity index (χ2n) is 5.55. The summed E-state index contributed by atoms with van der Waals surface area (Å²) in [5.41, 5.74) is 2.58. The fourth-order valence-corrected chi connectivity index (χ4v) is 2.99. The van der Waals surface area contributed by atoms with Gasteiger partial charge >= 0.3 is 0 Å².